The Morgan fingerprint density at radius 1 is 1.00 bits per heavy atom. The van der Waals surface area contributed by atoms with Crippen LogP contribution >= 0.6 is 15.9 Å². The van der Waals surface area contributed by atoms with Crippen molar-refractivity contribution >= 4 is 26.8 Å². The van der Waals surface area contributed by atoms with Crippen LogP contribution in [0.3, 0.4) is 0 Å². The first-order chi connectivity index (χ1) is 10.1. The summed E-state index contributed by atoms with van der Waals surface area (Å²) in [6, 6.07) is 19.3. The minimum atomic E-state index is 0.0493. The molecule has 1 heterocycles. The third-order valence-electron chi connectivity index (χ3n) is 4.54. The Bertz CT molecular complexity index is 851. The molecule has 1 atom stereocenters. The third-order valence-corrected chi connectivity index (χ3v) is 6.17. The summed E-state index contributed by atoms with van der Waals surface area (Å²) in [4.78, 5) is 5.21. The highest BCUT2D eigenvalue weighted by Gasteiger charge is 2.39. The van der Waals surface area contributed by atoms with Gasteiger partial charge in [-0.3, -0.25) is 0 Å². The molecule has 0 saturated heterocycles. The van der Waals surface area contributed by atoms with Crippen LogP contribution < -0.4 is 0 Å². The van der Waals surface area contributed by atoms with E-state index >= 15 is 0 Å². The van der Waals surface area contributed by atoms with E-state index in [1.807, 2.05) is 6.07 Å². The molecule has 104 valence electrons. The summed E-state index contributed by atoms with van der Waals surface area (Å²) in [6.45, 7) is 4.59. The molecule has 0 radical (unpaired) electrons. The number of hydrogen-bond donors (Lipinski definition) is 0. The molecule has 1 aromatic heterocycles. The van der Waals surface area contributed by atoms with Gasteiger partial charge in [0.05, 0.1) is 16.0 Å². The zero-order valence-electron chi connectivity index (χ0n) is 12.1. The quantitative estimate of drug-likeness (QED) is 0.484. The molecule has 21 heavy (non-hydrogen) atoms. The lowest BCUT2D eigenvalue weighted by atomic mass is 9.71. The van der Waals surface area contributed by atoms with Gasteiger partial charge in [0.15, 0.2) is 0 Å². The van der Waals surface area contributed by atoms with Crippen molar-refractivity contribution in [2.24, 2.45) is 0 Å². The van der Waals surface area contributed by atoms with Crippen LogP contribution in [0, 0.1) is 0 Å². The maximum Gasteiger partial charge on any atom is 0.0756 e. The average molecular weight is 338 g/mol. The van der Waals surface area contributed by atoms with E-state index in [1.165, 1.54) is 22.1 Å². The van der Waals surface area contributed by atoms with Crippen LogP contribution in [0.1, 0.15) is 29.8 Å². The van der Waals surface area contributed by atoms with Crippen LogP contribution in [-0.4, -0.2) is 4.98 Å². The molecule has 2 aromatic carbocycles. The summed E-state index contributed by atoms with van der Waals surface area (Å²) < 4.78 is 0. The summed E-state index contributed by atoms with van der Waals surface area (Å²) in [5.74, 6) is 0. The van der Waals surface area contributed by atoms with Gasteiger partial charge in [0, 0.05) is 16.4 Å². The molecule has 2 heteroatoms. The Hall–Kier alpha value is -1.67. The maximum atomic E-state index is 4.94. The number of aromatic nitrogens is 1. The van der Waals surface area contributed by atoms with Crippen LogP contribution in [0.4, 0.5) is 0 Å². The molecular weight excluding hydrogens is 322 g/mol. The van der Waals surface area contributed by atoms with Gasteiger partial charge in [-0.05, 0) is 23.3 Å². The van der Waals surface area contributed by atoms with Crippen molar-refractivity contribution in [2.45, 2.75) is 24.1 Å². The van der Waals surface area contributed by atoms with Crippen molar-refractivity contribution in [1.82, 2.24) is 4.98 Å². The van der Waals surface area contributed by atoms with E-state index in [2.05, 4.69) is 78.3 Å². The van der Waals surface area contributed by atoms with Crippen molar-refractivity contribution in [3.63, 3.8) is 0 Å². The first-order valence-electron chi connectivity index (χ1n) is 7.22. The van der Waals surface area contributed by atoms with Crippen molar-refractivity contribution in [3.05, 3.63) is 65.7 Å². The molecule has 0 bridgehead atoms. The minimum absolute atomic E-state index is 0.0493. The van der Waals surface area contributed by atoms with E-state index in [1.54, 1.807) is 0 Å². The maximum absolute atomic E-state index is 4.94. The standard InChI is InChI=1S/C19H16BrN/c1-19(2)15-9-5-4-8-13(15)17-14(18(19)20)11-12-7-3-6-10-16(12)21-17/h3-11,18H,1-2H3/t18-/m0/s1. The van der Waals surface area contributed by atoms with Crippen LogP contribution in [-0.2, 0) is 5.41 Å². The largest absolute Gasteiger partial charge is 0.247 e. The Morgan fingerprint density at radius 3 is 2.57 bits per heavy atom. The first kappa shape index (κ1) is 13.0. The van der Waals surface area contributed by atoms with Crippen LogP contribution in [0.2, 0.25) is 0 Å². The average Bonchev–Trinajstić information content (AvgIpc) is 2.52. The van der Waals surface area contributed by atoms with E-state index in [9.17, 15) is 0 Å². The molecule has 0 aliphatic heterocycles. The van der Waals surface area contributed by atoms with Crippen molar-refractivity contribution < 1.29 is 0 Å². The predicted octanol–water partition coefficient (Wildman–Crippen LogP) is 5.63. The molecule has 3 aromatic rings. The molecule has 0 unspecified atom stereocenters. The van der Waals surface area contributed by atoms with E-state index in [4.69, 9.17) is 4.98 Å². The van der Waals surface area contributed by atoms with Crippen molar-refractivity contribution in [3.8, 4) is 11.3 Å². The number of pyridine rings is 1. The molecule has 1 nitrogen and oxygen atoms in total. The van der Waals surface area contributed by atoms with Crippen molar-refractivity contribution in [1.29, 1.82) is 0 Å². The highest BCUT2D eigenvalue weighted by atomic mass is 79.9. The van der Waals surface area contributed by atoms with Crippen molar-refractivity contribution in [2.75, 3.05) is 0 Å². The van der Waals surface area contributed by atoms with Gasteiger partial charge in [-0.25, -0.2) is 4.98 Å². The Balaban J connectivity index is 2.12. The summed E-state index contributed by atoms with van der Waals surface area (Å²) in [5, 5.41) is 1.20. The number of para-hydroxylation sites is 1. The van der Waals surface area contributed by atoms with Gasteiger partial charge >= 0.3 is 0 Å². The summed E-state index contributed by atoms with van der Waals surface area (Å²) in [6.07, 6.45) is 0. The summed E-state index contributed by atoms with van der Waals surface area (Å²) >= 11 is 3.92. The third kappa shape index (κ3) is 1.78. The van der Waals surface area contributed by atoms with E-state index < -0.39 is 0 Å². The van der Waals surface area contributed by atoms with Crippen LogP contribution in [0.5, 0.6) is 0 Å². The highest BCUT2D eigenvalue weighted by molar-refractivity contribution is 9.09. The van der Waals surface area contributed by atoms with E-state index in [-0.39, 0.29) is 10.2 Å². The van der Waals surface area contributed by atoms with Gasteiger partial charge in [-0.1, -0.05) is 72.2 Å². The molecule has 1 aliphatic carbocycles. The predicted molar refractivity (Wildman–Crippen MR) is 91.9 cm³/mol. The fourth-order valence-corrected chi connectivity index (χ4v) is 3.91. The summed E-state index contributed by atoms with van der Waals surface area (Å²) in [7, 11) is 0. The second kappa shape index (κ2) is 4.41. The number of rotatable bonds is 0. The molecule has 1 aliphatic rings. The van der Waals surface area contributed by atoms with Gasteiger partial charge in [0.25, 0.3) is 0 Å². The lowest BCUT2D eigenvalue weighted by molar-refractivity contribution is 0.511. The number of hydrogen-bond acceptors (Lipinski definition) is 1. The number of alkyl halides is 1. The lowest BCUT2D eigenvalue weighted by Gasteiger charge is -2.38. The second-order valence-electron chi connectivity index (χ2n) is 6.25. The van der Waals surface area contributed by atoms with Crippen LogP contribution in [0.15, 0.2) is 54.6 Å². The Kier molecular flexibility index (Phi) is 2.74. The lowest BCUT2D eigenvalue weighted by Crippen LogP contribution is -2.28. The fraction of sp³-hybridized carbons (Fsp3) is 0.211. The van der Waals surface area contributed by atoms with Gasteiger partial charge < -0.3 is 0 Å². The van der Waals surface area contributed by atoms with E-state index in [0.29, 0.717) is 0 Å². The van der Waals surface area contributed by atoms with Gasteiger partial charge in [-0.15, -0.1) is 0 Å². The monoisotopic (exact) mass is 337 g/mol. The number of fused-ring (bicyclic) bond motifs is 4. The molecule has 0 spiro atoms. The normalized spacial score (nSPS) is 19.1. The zero-order chi connectivity index (χ0) is 14.6. The molecule has 0 amide bonds. The van der Waals surface area contributed by atoms with Crippen LogP contribution in [0.25, 0.3) is 22.2 Å². The topological polar surface area (TPSA) is 12.9 Å². The Labute approximate surface area is 133 Å². The molecule has 0 saturated carbocycles. The number of benzene rings is 2. The number of halogens is 1. The minimum Gasteiger partial charge on any atom is -0.247 e. The highest BCUT2D eigenvalue weighted by Crippen LogP contribution is 2.52. The van der Waals surface area contributed by atoms with E-state index in [0.717, 1.165) is 11.2 Å². The first-order valence-corrected chi connectivity index (χ1v) is 8.14. The SMILES string of the molecule is CC1(C)c2ccccc2-c2nc3ccccc3cc2[C@@H]1Br. The fourth-order valence-electron chi connectivity index (χ4n) is 3.32. The smallest absolute Gasteiger partial charge is 0.0756 e. The number of nitrogens with zero attached hydrogens (tertiary/aromatic N) is 1. The molecule has 4 rings (SSSR count). The molecular formula is C19H16BrN. The summed E-state index contributed by atoms with van der Waals surface area (Å²) in [5.41, 5.74) is 6.14. The second-order valence-corrected chi connectivity index (χ2v) is 7.16. The van der Waals surface area contributed by atoms with Gasteiger partial charge in [-0.2, -0.15) is 0 Å². The van der Waals surface area contributed by atoms with Gasteiger partial charge in [0.2, 0.25) is 0 Å². The molecule has 0 fully saturated rings. The zero-order valence-corrected chi connectivity index (χ0v) is 13.7. The molecule has 0 N–H and O–H groups in total. The Morgan fingerprint density at radius 2 is 1.71 bits per heavy atom. The van der Waals surface area contributed by atoms with Gasteiger partial charge in [0.1, 0.15) is 0 Å².